The largest absolute Gasteiger partial charge is 0.495 e. The number of carbonyl (C=O) groups excluding carboxylic acids is 1. The van der Waals surface area contributed by atoms with Crippen LogP contribution in [0.4, 0.5) is 11.8 Å². The van der Waals surface area contributed by atoms with Crippen LogP contribution in [-0.4, -0.2) is 86.7 Å². The van der Waals surface area contributed by atoms with Crippen LogP contribution in [0.25, 0.3) is 22.2 Å². The van der Waals surface area contributed by atoms with Gasteiger partial charge in [0.2, 0.25) is 11.9 Å². The van der Waals surface area contributed by atoms with Crippen molar-refractivity contribution in [3.8, 4) is 22.8 Å². The highest BCUT2D eigenvalue weighted by molar-refractivity contribution is 6.41. The molecule has 3 saturated heterocycles. The Morgan fingerprint density at radius 2 is 1.88 bits per heavy atom. The van der Waals surface area contributed by atoms with Gasteiger partial charge in [0.05, 0.1) is 61.9 Å². The van der Waals surface area contributed by atoms with Gasteiger partial charge in [0.25, 0.3) is 0 Å². The minimum atomic E-state index is -0.263. The first-order chi connectivity index (χ1) is 20.3. The molecule has 3 aliphatic rings. The van der Waals surface area contributed by atoms with Gasteiger partial charge in [-0.15, -0.1) is 0 Å². The Bertz CT molecular complexity index is 1500. The maximum atomic E-state index is 11.9. The number of nitrogens with zero attached hydrogens (tertiary/aromatic N) is 4. The second kappa shape index (κ2) is 11.7. The van der Waals surface area contributed by atoms with E-state index in [1.165, 1.54) is 20.3 Å². The van der Waals surface area contributed by atoms with Gasteiger partial charge in [-0.05, 0) is 25.0 Å². The summed E-state index contributed by atoms with van der Waals surface area (Å²) in [5.74, 6) is 1.69. The summed E-state index contributed by atoms with van der Waals surface area (Å²) in [6.07, 6.45) is 4.99. The van der Waals surface area contributed by atoms with E-state index in [2.05, 4.69) is 27.1 Å². The minimum Gasteiger partial charge on any atom is -0.495 e. The van der Waals surface area contributed by atoms with Crippen molar-refractivity contribution in [2.45, 2.75) is 24.9 Å². The van der Waals surface area contributed by atoms with Crippen molar-refractivity contribution >= 4 is 51.8 Å². The number of methoxy groups -OCH3 is 2. The normalized spacial score (nSPS) is 23.5. The fourth-order valence-electron chi connectivity index (χ4n) is 5.88. The number of aromatic nitrogens is 3. The monoisotopic (exact) mass is 614 g/mol. The molecule has 1 aromatic carbocycles. The lowest BCUT2D eigenvalue weighted by atomic mass is 9.87. The zero-order valence-electron chi connectivity index (χ0n) is 23.4. The summed E-state index contributed by atoms with van der Waals surface area (Å²) < 4.78 is 22.4. The number of hydrogen-bond acceptors (Lipinski definition) is 10. The third-order valence-corrected chi connectivity index (χ3v) is 8.96. The van der Waals surface area contributed by atoms with Gasteiger partial charge in [-0.3, -0.25) is 4.79 Å². The second-order valence-electron chi connectivity index (χ2n) is 10.8. The zero-order valence-corrected chi connectivity index (χ0v) is 24.9. The zero-order chi connectivity index (χ0) is 29.4. The van der Waals surface area contributed by atoms with Gasteiger partial charge in [0.1, 0.15) is 17.0 Å². The molecule has 13 heteroatoms. The SMILES string of the molecule is C=CC(=O)N[C@H]1COC[C@H]1Nc1ncc2cc(-c3c(Cl)c(OC)cc(OC)c3Cl)nc(N3CCC4(CCOC4)C3)c2n1. The molecule has 5 heterocycles. The highest BCUT2D eigenvalue weighted by Gasteiger charge is 2.42. The average molecular weight is 616 g/mol. The molecule has 11 nitrogen and oxygen atoms in total. The van der Waals surface area contributed by atoms with Crippen LogP contribution in [0.15, 0.2) is 31.0 Å². The van der Waals surface area contributed by atoms with Crippen LogP contribution in [0.2, 0.25) is 10.0 Å². The van der Waals surface area contributed by atoms with Gasteiger partial charge in [0.15, 0.2) is 5.82 Å². The molecule has 3 aromatic rings. The molecule has 42 heavy (non-hydrogen) atoms. The lowest BCUT2D eigenvalue weighted by Crippen LogP contribution is -2.45. The minimum absolute atomic E-state index is 0.0877. The molecule has 3 aliphatic heterocycles. The van der Waals surface area contributed by atoms with Crippen LogP contribution in [0.5, 0.6) is 11.5 Å². The predicted octanol–water partition coefficient (Wildman–Crippen LogP) is 4.11. The van der Waals surface area contributed by atoms with E-state index < -0.39 is 0 Å². The molecule has 0 bridgehead atoms. The van der Waals surface area contributed by atoms with Crippen molar-refractivity contribution in [2.75, 3.05) is 64.0 Å². The summed E-state index contributed by atoms with van der Waals surface area (Å²) in [5.41, 5.74) is 1.82. The highest BCUT2D eigenvalue weighted by atomic mass is 35.5. The van der Waals surface area contributed by atoms with Crippen LogP contribution in [0, 0.1) is 5.41 Å². The average Bonchev–Trinajstić information content (AvgIpc) is 3.75. The quantitative estimate of drug-likeness (QED) is 0.359. The Morgan fingerprint density at radius 1 is 1.12 bits per heavy atom. The standard InChI is InChI=1S/C29H32Cl2N6O5/c1-4-22(38)33-18-12-42-13-19(18)35-28-32-11-16-9-17(23-24(30)20(39-2)10-21(40-3)25(23)31)34-27(26(16)36-28)37-7-5-29(14-37)6-8-41-15-29/h4,9-11,18-19H,1,5-8,12-15H2,2-3H3,(H,33,38)(H,32,35,36)/t18-,19+,29?/m0/s1. The third-order valence-electron chi connectivity index (χ3n) is 8.21. The van der Waals surface area contributed by atoms with Crippen molar-refractivity contribution in [3.05, 3.63) is 41.0 Å². The molecule has 222 valence electrons. The summed E-state index contributed by atoms with van der Waals surface area (Å²) >= 11 is 13.6. The maximum Gasteiger partial charge on any atom is 0.243 e. The van der Waals surface area contributed by atoms with Crippen LogP contribution in [0.3, 0.4) is 0 Å². The summed E-state index contributed by atoms with van der Waals surface area (Å²) in [6.45, 7) is 7.40. The Balaban J connectivity index is 1.44. The van der Waals surface area contributed by atoms with E-state index in [1.807, 2.05) is 6.07 Å². The number of rotatable bonds is 8. The van der Waals surface area contributed by atoms with E-state index in [0.717, 1.165) is 44.5 Å². The Morgan fingerprint density at radius 3 is 2.57 bits per heavy atom. The van der Waals surface area contributed by atoms with Crippen LogP contribution in [-0.2, 0) is 14.3 Å². The van der Waals surface area contributed by atoms with Crippen molar-refractivity contribution in [2.24, 2.45) is 5.41 Å². The third kappa shape index (κ3) is 5.30. The Kier molecular flexibility index (Phi) is 8.01. The Labute approximate surface area is 253 Å². The van der Waals surface area contributed by atoms with Crippen molar-refractivity contribution in [1.29, 1.82) is 0 Å². The number of hydrogen-bond donors (Lipinski definition) is 2. The van der Waals surface area contributed by atoms with Gasteiger partial charge < -0.3 is 34.5 Å². The van der Waals surface area contributed by atoms with Crippen LogP contribution >= 0.6 is 23.2 Å². The first-order valence-electron chi connectivity index (χ1n) is 13.7. The van der Waals surface area contributed by atoms with Crippen molar-refractivity contribution in [3.63, 3.8) is 0 Å². The summed E-state index contributed by atoms with van der Waals surface area (Å²) in [5, 5.41) is 7.65. The molecular weight excluding hydrogens is 583 g/mol. The molecular formula is C29H32Cl2N6O5. The molecule has 0 aliphatic carbocycles. The molecule has 1 amide bonds. The number of nitrogens with one attached hydrogen (secondary N) is 2. The molecule has 0 saturated carbocycles. The van der Waals surface area contributed by atoms with Gasteiger partial charge >= 0.3 is 0 Å². The second-order valence-corrected chi connectivity index (χ2v) is 11.6. The fourth-order valence-corrected chi connectivity index (χ4v) is 6.58. The predicted molar refractivity (Wildman–Crippen MR) is 161 cm³/mol. The number of halogens is 2. The molecule has 2 N–H and O–H groups in total. The summed E-state index contributed by atoms with van der Waals surface area (Å²) in [4.78, 5) is 28.8. The van der Waals surface area contributed by atoms with Gasteiger partial charge in [-0.2, -0.15) is 0 Å². The van der Waals surface area contributed by atoms with Gasteiger partial charge in [-0.25, -0.2) is 15.0 Å². The number of ether oxygens (including phenoxy) is 4. The first kappa shape index (κ1) is 28.7. The Hall–Kier alpha value is -3.38. The van der Waals surface area contributed by atoms with E-state index in [4.69, 9.17) is 52.1 Å². The van der Waals surface area contributed by atoms with E-state index >= 15 is 0 Å². The molecule has 6 rings (SSSR count). The van der Waals surface area contributed by atoms with Crippen LogP contribution < -0.4 is 25.0 Å². The number of fused-ring (bicyclic) bond motifs is 1. The fraction of sp³-hybridized carbons (Fsp3) is 0.448. The van der Waals surface area contributed by atoms with E-state index in [9.17, 15) is 4.79 Å². The van der Waals surface area contributed by atoms with E-state index in [1.54, 1.807) is 12.3 Å². The highest BCUT2D eigenvalue weighted by Crippen LogP contribution is 2.47. The molecule has 1 unspecified atom stereocenters. The number of pyridine rings is 1. The topological polar surface area (TPSA) is 120 Å². The number of carbonyl (C=O) groups is 1. The maximum absolute atomic E-state index is 11.9. The van der Waals surface area contributed by atoms with Crippen molar-refractivity contribution in [1.82, 2.24) is 20.3 Å². The van der Waals surface area contributed by atoms with E-state index in [0.29, 0.717) is 63.3 Å². The van der Waals surface area contributed by atoms with Crippen LogP contribution in [0.1, 0.15) is 12.8 Å². The van der Waals surface area contributed by atoms with E-state index in [-0.39, 0.29) is 23.4 Å². The van der Waals surface area contributed by atoms with Gasteiger partial charge in [-0.1, -0.05) is 29.8 Å². The summed E-state index contributed by atoms with van der Waals surface area (Å²) in [7, 11) is 3.08. The molecule has 0 radical (unpaired) electrons. The number of anilines is 2. The van der Waals surface area contributed by atoms with Crippen molar-refractivity contribution < 1.29 is 23.7 Å². The molecule has 1 spiro atoms. The lowest BCUT2D eigenvalue weighted by Gasteiger charge is -2.24. The molecule has 2 aromatic heterocycles. The lowest BCUT2D eigenvalue weighted by molar-refractivity contribution is -0.117. The molecule has 3 fully saturated rings. The number of amides is 1. The summed E-state index contributed by atoms with van der Waals surface area (Å²) in [6, 6.07) is 3.06. The first-order valence-corrected chi connectivity index (χ1v) is 14.5. The smallest absolute Gasteiger partial charge is 0.243 e. The van der Waals surface area contributed by atoms with Gasteiger partial charge in [0, 0.05) is 48.3 Å². The number of benzene rings is 1. The molecule has 3 atom stereocenters.